The van der Waals surface area contributed by atoms with Gasteiger partial charge in [0.15, 0.2) is 0 Å². The smallest absolute Gasteiger partial charge is 0.358 e. The third-order valence-corrected chi connectivity index (χ3v) is 4.97. The van der Waals surface area contributed by atoms with Crippen LogP contribution >= 0.6 is 0 Å². The maximum absolute atomic E-state index is 3.76. The summed E-state index contributed by atoms with van der Waals surface area (Å²) in [4.78, 5) is 0. The van der Waals surface area contributed by atoms with Gasteiger partial charge in [-0.3, -0.25) is 0 Å². The third kappa shape index (κ3) is 5.70. The third-order valence-electron chi connectivity index (χ3n) is 4.97. The normalized spacial score (nSPS) is 22.6. The van der Waals surface area contributed by atoms with Crippen molar-refractivity contribution < 1.29 is 26.2 Å². The summed E-state index contributed by atoms with van der Waals surface area (Å²) < 4.78 is 0. The summed E-state index contributed by atoms with van der Waals surface area (Å²) in [6.45, 7) is 3.76. The molecule has 128 valence electrons. The van der Waals surface area contributed by atoms with E-state index in [1.807, 2.05) is 6.08 Å². The van der Waals surface area contributed by atoms with Crippen LogP contribution in [0.3, 0.4) is 0 Å². The van der Waals surface area contributed by atoms with Crippen LogP contribution in [-0.4, -0.2) is 0 Å². The molecule has 0 aromatic heterocycles. The first-order chi connectivity index (χ1) is 10.4. The zero-order chi connectivity index (χ0) is 14.5. The first-order valence-electron chi connectivity index (χ1n) is 8.44. The minimum absolute atomic E-state index is 0. The van der Waals surface area contributed by atoms with E-state index in [0.717, 1.165) is 0 Å². The molecule has 0 aromatic rings. The minimum Gasteiger partial charge on any atom is -0.358 e. The predicted octanol–water partition coefficient (Wildman–Crippen LogP) is 6.96. The Morgan fingerprint density at radius 1 is 1.00 bits per heavy atom. The second kappa shape index (κ2) is 11.8. The van der Waals surface area contributed by atoms with Crippen molar-refractivity contribution in [1.82, 2.24) is 0 Å². The van der Waals surface area contributed by atoms with Crippen LogP contribution in [0.2, 0.25) is 0 Å². The quantitative estimate of drug-likeness (QED) is 0.440. The van der Waals surface area contributed by atoms with Gasteiger partial charge in [0, 0.05) is 0 Å². The van der Waals surface area contributed by atoms with E-state index in [1.54, 1.807) is 16.7 Å². The van der Waals surface area contributed by atoms with Crippen molar-refractivity contribution >= 4 is 0 Å². The van der Waals surface area contributed by atoms with Crippen LogP contribution in [-0.2, 0) is 26.2 Å². The van der Waals surface area contributed by atoms with Gasteiger partial charge in [-0.05, 0) is 19.3 Å². The fourth-order valence-electron chi connectivity index (χ4n) is 3.85. The number of allylic oxidation sites excluding steroid dienone is 9. The Bertz CT molecular complexity index is 516. The summed E-state index contributed by atoms with van der Waals surface area (Å²) in [6.07, 6.45) is 26.1. The largest absolute Gasteiger partial charge is 4.00 e. The monoisotopic (exact) mass is 398 g/mol. The zero-order valence-corrected chi connectivity index (χ0v) is 17.9. The molecule has 0 saturated carbocycles. The molecule has 24 heavy (non-hydrogen) atoms. The van der Waals surface area contributed by atoms with Crippen LogP contribution in [0.4, 0.5) is 0 Å². The topological polar surface area (TPSA) is 0 Å². The molecule has 0 amide bonds. The first-order valence-corrected chi connectivity index (χ1v) is 8.44. The molecule has 4 rings (SSSR count). The van der Waals surface area contributed by atoms with E-state index in [9.17, 15) is 0 Å². The Kier molecular flexibility index (Phi) is 11.5. The van der Waals surface area contributed by atoms with Crippen LogP contribution in [0.5, 0.6) is 0 Å². The van der Waals surface area contributed by atoms with Gasteiger partial charge in [0.1, 0.15) is 0 Å². The van der Waals surface area contributed by atoms with Gasteiger partial charge in [0.2, 0.25) is 0 Å². The summed E-state index contributed by atoms with van der Waals surface area (Å²) in [5.41, 5.74) is 6.50. The van der Waals surface area contributed by atoms with Crippen molar-refractivity contribution in [2.24, 2.45) is 5.92 Å². The first kappa shape index (κ1) is 23.3. The molecular weight excluding hydrogens is 367 g/mol. The predicted molar refractivity (Wildman–Crippen MR) is 104 cm³/mol. The molecule has 0 nitrogen and oxygen atoms in total. The fourth-order valence-corrected chi connectivity index (χ4v) is 3.85. The van der Waals surface area contributed by atoms with E-state index in [-0.39, 0.29) is 41.1 Å². The van der Waals surface area contributed by atoms with Gasteiger partial charge in [-0.15, -0.1) is 6.08 Å². The second-order valence-electron chi connectivity index (χ2n) is 6.32. The van der Waals surface area contributed by atoms with Gasteiger partial charge >= 0.3 is 26.2 Å². The van der Waals surface area contributed by atoms with E-state index in [2.05, 4.69) is 43.7 Å². The van der Waals surface area contributed by atoms with Crippen LogP contribution in [0.25, 0.3) is 0 Å². The molecule has 4 aliphatic carbocycles. The molecule has 0 fully saturated rings. The number of rotatable bonds is 2. The Morgan fingerprint density at radius 2 is 1.71 bits per heavy atom. The van der Waals surface area contributed by atoms with Crippen LogP contribution in [0.15, 0.2) is 59.3 Å². The number of hydrogen-bond donors (Lipinski definition) is 0. The molecule has 0 heterocycles. The standard InChI is InChI=1S/C12H15.C9H11.2CH3.Zr/c1-2-5-10-8-9-11-6-3-4-7-12(10)11;1-2-5-9-7-3-6-8(9)4-1;;;/h2,4-5,7,10H,1,3,6,8-9H2;1,4,6H,2-3,5,7H2;2*1H3;/q4*-1;+4. The average molecular weight is 400 g/mol. The average Bonchev–Trinajstić information content (AvgIpc) is 3.15. The molecule has 1 atom stereocenters. The van der Waals surface area contributed by atoms with Crippen LogP contribution in [0, 0.1) is 33.6 Å². The molecule has 0 radical (unpaired) electrons. The van der Waals surface area contributed by atoms with E-state index in [1.165, 1.54) is 56.9 Å². The molecule has 1 heteroatoms. The van der Waals surface area contributed by atoms with E-state index in [0.29, 0.717) is 5.92 Å². The van der Waals surface area contributed by atoms with Crippen molar-refractivity contribution in [3.8, 4) is 0 Å². The molecule has 0 saturated heterocycles. The summed E-state index contributed by atoms with van der Waals surface area (Å²) in [7, 11) is 0. The maximum atomic E-state index is 3.76. The Hall–Kier alpha value is -0.677. The van der Waals surface area contributed by atoms with Gasteiger partial charge in [-0.2, -0.15) is 23.6 Å². The molecule has 0 bridgehead atoms. The Labute approximate surface area is 170 Å². The second-order valence-corrected chi connectivity index (χ2v) is 6.32. The molecule has 1 unspecified atom stereocenters. The van der Waals surface area contributed by atoms with Crippen molar-refractivity contribution in [2.75, 3.05) is 0 Å². The molecule has 0 spiro atoms. The SMILES string of the molecule is C1=CC2=C(CC1)CC[CH-]2.C=C[CH-]C1CCC2=C1C=CCC2.[CH3-].[CH3-].[Zr+4]. The van der Waals surface area contributed by atoms with Crippen molar-refractivity contribution in [1.29, 1.82) is 0 Å². The van der Waals surface area contributed by atoms with Gasteiger partial charge in [0.05, 0.1) is 0 Å². The van der Waals surface area contributed by atoms with Crippen molar-refractivity contribution in [3.05, 3.63) is 86.9 Å². The number of hydrogen-bond acceptors (Lipinski definition) is 0. The maximum Gasteiger partial charge on any atom is 4.00 e. The van der Waals surface area contributed by atoms with Gasteiger partial charge in [-0.1, -0.05) is 61.3 Å². The zero-order valence-electron chi connectivity index (χ0n) is 15.5. The minimum atomic E-state index is 0. The van der Waals surface area contributed by atoms with Crippen molar-refractivity contribution in [2.45, 2.75) is 51.4 Å². The summed E-state index contributed by atoms with van der Waals surface area (Å²) >= 11 is 0. The Morgan fingerprint density at radius 3 is 2.42 bits per heavy atom. The van der Waals surface area contributed by atoms with Crippen LogP contribution in [0.1, 0.15) is 51.4 Å². The molecular formula is C23H32Zr. The van der Waals surface area contributed by atoms with Crippen LogP contribution < -0.4 is 0 Å². The molecule has 0 aliphatic heterocycles. The van der Waals surface area contributed by atoms with E-state index in [4.69, 9.17) is 0 Å². The van der Waals surface area contributed by atoms with E-state index < -0.39 is 0 Å². The Balaban J connectivity index is 0.000000402. The van der Waals surface area contributed by atoms with Gasteiger partial charge in [0.25, 0.3) is 0 Å². The molecule has 4 aliphatic rings. The molecule has 0 N–H and O–H groups in total. The van der Waals surface area contributed by atoms with Gasteiger partial charge < -0.3 is 14.9 Å². The van der Waals surface area contributed by atoms with E-state index >= 15 is 0 Å². The summed E-state index contributed by atoms with van der Waals surface area (Å²) in [5.74, 6) is 0.675. The van der Waals surface area contributed by atoms with Gasteiger partial charge in [-0.25, -0.2) is 19.1 Å². The summed E-state index contributed by atoms with van der Waals surface area (Å²) in [5, 5.41) is 0. The summed E-state index contributed by atoms with van der Waals surface area (Å²) in [6, 6.07) is 0. The molecule has 0 aromatic carbocycles. The fraction of sp³-hybridized carbons (Fsp3) is 0.391. The van der Waals surface area contributed by atoms with Crippen molar-refractivity contribution in [3.63, 3.8) is 0 Å².